The number of rotatable bonds is 9. The number of amides is 1. The number of carbonyl (C=O) groups is 1. The molecule has 8 heteroatoms. The zero-order valence-corrected chi connectivity index (χ0v) is 16.5. The van der Waals surface area contributed by atoms with Crippen molar-refractivity contribution >= 4 is 21.6 Å². The maximum Gasteiger partial charge on any atom is 0.255 e. The van der Waals surface area contributed by atoms with Gasteiger partial charge in [0.15, 0.2) is 11.5 Å². The molecule has 0 heterocycles. The Hall–Kier alpha value is -3.02. The van der Waals surface area contributed by atoms with E-state index in [1.165, 1.54) is 24.3 Å². The van der Waals surface area contributed by atoms with Gasteiger partial charge in [-0.25, -0.2) is 8.42 Å². The van der Waals surface area contributed by atoms with Crippen molar-refractivity contribution in [3.05, 3.63) is 48.0 Å². The second-order valence-electron chi connectivity index (χ2n) is 5.54. The molecule has 0 bridgehead atoms. The molecule has 2 rings (SSSR count). The van der Waals surface area contributed by atoms with Gasteiger partial charge in [0, 0.05) is 17.3 Å². The zero-order chi connectivity index (χ0) is 20.6. The van der Waals surface area contributed by atoms with Gasteiger partial charge in [-0.3, -0.25) is 4.79 Å². The van der Waals surface area contributed by atoms with Gasteiger partial charge in [0.05, 0.1) is 24.7 Å². The molecule has 0 unspecified atom stereocenters. The fraction of sp³-hybridized carbons (Fsp3) is 0.250. The summed E-state index contributed by atoms with van der Waals surface area (Å²) in [5.74, 6) is 2.83. The molecule has 0 fully saturated rings. The highest BCUT2D eigenvalue weighted by atomic mass is 32.2. The van der Waals surface area contributed by atoms with Crippen LogP contribution in [-0.2, 0) is 10.0 Å². The van der Waals surface area contributed by atoms with Crippen LogP contribution in [0.3, 0.4) is 0 Å². The second kappa shape index (κ2) is 9.78. The fourth-order valence-corrected chi connectivity index (χ4v) is 3.34. The molecule has 0 saturated carbocycles. The summed E-state index contributed by atoms with van der Waals surface area (Å²) in [7, 11) is -3.79. The molecule has 2 aromatic carbocycles. The summed E-state index contributed by atoms with van der Waals surface area (Å²) in [6.45, 7) is 4.51. The van der Waals surface area contributed by atoms with Crippen LogP contribution < -0.4 is 19.5 Å². The zero-order valence-electron chi connectivity index (χ0n) is 15.7. The Morgan fingerprint density at radius 2 is 1.79 bits per heavy atom. The number of terminal acetylenes is 1. The maximum atomic E-state index is 12.6. The first kappa shape index (κ1) is 21.3. The van der Waals surface area contributed by atoms with Gasteiger partial charge in [0.2, 0.25) is 10.0 Å². The number of hydrogen-bond acceptors (Lipinski definition) is 5. The van der Waals surface area contributed by atoms with Crippen molar-refractivity contribution < 1.29 is 22.7 Å². The van der Waals surface area contributed by atoms with E-state index in [1.807, 2.05) is 13.8 Å². The number of nitrogens with one attached hydrogen (secondary N) is 2. The number of benzene rings is 2. The molecule has 0 aliphatic heterocycles. The van der Waals surface area contributed by atoms with Crippen LogP contribution in [-0.4, -0.2) is 34.1 Å². The summed E-state index contributed by atoms with van der Waals surface area (Å²) in [6.07, 6.45) is 5.08. The monoisotopic (exact) mass is 402 g/mol. The topological polar surface area (TPSA) is 93.7 Å². The number of carbonyl (C=O) groups excluding carboxylic acids is 1. The first-order chi connectivity index (χ1) is 13.4. The van der Waals surface area contributed by atoms with E-state index in [-0.39, 0.29) is 17.0 Å². The van der Waals surface area contributed by atoms with Gasteiger partial charge in [-0.15, -0.1) is 6.42 Å². The van der Waals surface area contributed by atoms with Crippen LogP contribution in [0, 0.1) is 12.3 Å². The van der Waals surface area contributed by atoms with Crippen LogP contribution in [0.5, 0.6) is 11.5 Å². The van der Waals surface area contributed by atoms with E-state index < -0.39 is 15.9 Å². The number of ether oxygens (including phenoxy) is 2. The fourth-order valence-electron chi connectivity index (χ4n) is 2.36. The Morgan fingerprint density at radius 3 is 2.46 bits per heavy atom. The molecule has 0 atom stereocenters. The van der Waals surface area contributed by atoms with E-state index in [4.69, 9.17) is 15.9 Å². The van der Waals surface area contributed by atoms with Gasteiger partial charge in [-0.05, 0) is 44.2 Å². The number of hydrogen-bond donors (Lipinski definition) is 2. The van der Waals surface area contributed by atoms with Crippen LogP contribution in [0.25, 0.3) is 0 Å². The average molecular weight is 402 g/mol. The Labute approximate surface area is 165 Å². The standard InChI is InChI=1S/C20H22N2O5S/c1-4-12-21-28(24,25)17-9-7-8-15(13-17)20(23)22-16-10-11-18(26-5-2)19(14-16)27-6-3/h1,7-11,13-14,21H,5-6,12H2,2-3H3,(H,22,23). The molecule has 0 saturated heterocycles. The van der Waals surface area contributed by atoms with Gasteiger partial charge < -0.3 is 14.8 Å². The normalized spacial score (nSPS) is 10.8. The Balaban J connectivity index is 2.22. The molecule has 0 aromatic heterocycles. The lowest BCUT2D eigenvalue weighted by molar-refractivity contribution is 0.102. The molecule has 2 aromatic rings. The van der Waals surface area contributed by atoms with Crippen LogP contribution >= 0.6 is 0 Å². The molecular weight excluding hydrogens is 380 g/mol. The molecule has 0 aliphatic carbocycles. The van der Waals surface area contributed by atoms with Crippen LogP contribution in [0.1, 0.15) is 24.2 Å². The highest BCUT2D eigenvalue weighted by Gasteiger charge is 2.16. The Kier molecular flexibility index (Phi) is 7.44. The van der Waals surface area contributed by atoms with E-state index in [9.17, 15) is 13.2 Å². The summed E-state index contributed by atoms with van der Waals surface area (Å²) in [6, 6.07) is 10.7. The lowest BCUT2D eigenvalue weighted by Crippen LogP contribution is -2.24. The molecule has 148 valence electrons. The van der Waals surface area contributed by atoms with Crippen molar-refractivity contribution in [1.82, 2.24) is 4.72 Å². The minimum Gasteiger partial charge on any atom is -0.490 e. The van der Waals surface area contributed by atoms with Crippen molar-refractivity contribution in [2.24, 2.45) is 0 Å². The molecule has 28 heavy (non-hydrogen) atoms. The predicted octanol–water partition coefficient (Wildman–Crippen LogP) is 2.65. The van der Waals surface area contributed by atoms with Gasteiger partial charge in [0.25, 0.3) is 5.91 Å². The van der Waals surface area contributed by atoms with Crippen LogP contribution in [0.2, 0.25) is 0 Å². The summed E-state index contributed by atoms with van der Waals surface area (Å²) in [5, 5.41) is 2.73. The summed E-state index contributed by atoms with van der Waals surface area (Å²) in [5.41, 5.74) is 0.686. The quantitative estimate of drug-likeness (QED) is 0.629. The maximum absolute atomic E-state index is 12.6. The molecular formula is C20H22N2O5S. The summed E-state index contributed by atoms with van der Waals surface area (Å²) >= 11 is 0. The summed E-state index contributed by atoms with van der Waals surface area (Å²) < 4.78 is 37.6. The molecule has 0 radical (unpaired) electrons. The third-order valence-electron chi connectivity index (χ3n) is 3.57. The minimum atomic E-state index is -3.79. The van der Waals surface area contributed by atoms with Gasteiger partial charge in [0.1, 0.15) is 0 Å². The Bertz CT molecular complexity index is 980. The molecule has 2 N–H and O–H groups in total. The van der Waals surface area contributed by atoms with Crippen LogP contribution in [0.15, 0.2) is 47.4 Å². The lowest BCUT2D eigenvalue weighted by atomic mass is 10.2. The van der Waals surface area contributed by atoms with E-state index >= 15 is 0 Å². The smallest absolute Gasteiger partial charge is 0.255 e. The average Bonchev–Trinajstić information content (AvgIpc) is 2.69. The van der Waals surface area contributed by atoms with Crippen molar-refractivity contribution in [1.29, 1.82) is 0 Å². The van der Waals surface area contributed by atoms with Crippen molar-refractivity contribution in [3.8, 4) is 23.8 Å². The lowest BCUT2D eigenvalue weighted by Gasteiger charge is -2.13. The largest absolute Gasteiger partial charge is 0.490 e. The molecule has 7 nitrogen and oxygen atoms in total. The highest BCUT2D eigenvalue weighted by Crippen LogP contribution is 2.30. The van der Waals surface area contributed by atoms with Crippen molar-refractivity contribution in [3.63, 3.8) is 0 Å². The summed E-state index contributed by atoms with van der Waals surface area (Å²) in [4.78, 5) is 12.5. The molecule has 0 spiro atoms. The third-order valence-corrected chi connectivity index (χ3v) is 4.97. The molecule has 0 aliphatic rings. The third kappa shape index (κ3) is 5.49. The van der Waals surface area contributed by atoms with Crippen molar-refractivity contribution in [2.45, 2.75) is 18.7 Å². The SMILES string of the molecule is C#CCNS(=O)(=O)c1cccc(C(=O)Nc2ccc(OCC)c(OCC)c2)c1. The number of sulfonamides is 1. The number of anilines is 1. The predicted molar refractivity (Wildman–Crippen MR) is 107 cm³/mol. The van der Waals surface area contributed by atoms with Crippen molar-refractivity contribution in [2.75, 3.05) is 25.1 Å². The Morgan fingerprint density at radius 1 is 1.07 bits per heavy atom. The highest BCUT2D eigenvalue weighted by molar-refractivity contribution is 7.89. The van der Waals surface area contributed by atoms with E-state index in [2.05, 4.69) is 16.0 Å². The van der Waals surface area contributed by atoms with Crippen LogP contribution in [0.4, 0.5) is 5.69 Å². The first-order valence-electron chi connectivity index (χ1n) is 8.65. The van der Waals surface area contributed by atoms with Gasteiger partial charge in [-0.2, -0.15) is 4.72 Å². The van der Waals surface area contributed by atoms with Gasteiger partial charge >= 0.3 is 0 Å². The minimum absolute atomic E-state index is 0.0444. The first-order valence-corrected chi connectivity index (χ1v) is 10.1. The van der Waals surface area contributed by atoms with E-state index in [0.29, 0.717) is 30.4 Å². The van der Waals surface area contributed by atoms with Gasteiger partial charge in [-0.1, -0.05) is 12.0 Å². The molecule has 1 amide bonds. The van der Waals surface area contributed by atoms with E-state index in [0.717, 1.165) is 0 Å². The van der Waals surface area contributed by atoms with E-state index in [1.54, 1.807) is 18.2 Å². The second-order valence-corrected chi connectivity index (χ2v) is 7.31.